The second-order valence-corrected chi connectivity index (χ2v) is 3.49. The van der Waals surface area contributed by atoms with Gasteiger partial charge in [0.15, 0.2) is 11.6 Å². The van der Waals surface area contributed by atoms with Gasteiger partial charge >= 0.3 is 0 Å². The van der Waals surface area contributed by atoms with Gasteiger partial charge in [-0.2, -0.15) is 0 Å². The number of benzene rings is 1. The van der Waals surface area contributed by atoms with Crippen LogP contribution in [0.2, 0.25) is 5.02 Å². The summed E-state index contributed by atoms with van der Waals surface area (Å²) in [6.07, 6.45) is 1.48. The lowest BCUT2D eigenvalue weighted by atomic mass is 10.3. The number of aromatic nitrogens is 1. The maximum absolute atomic E-state index is 13.5. The Hall–Kier alpha value is -1.81. The van der Waals surface area contributed by atoms with Crippen molar-refractivity contribution in [2.45, 2.75) is 0 Å². The van der Waals surface area contributed by atoms with Crippen molar-refractivity contribution in [3.8, 4) is 11.6 Å². The second kappa shape index (κ2) is 4.37. The Bertz CT molecular complexity index is 519. The van der Waals surface area contributed by atoms with Gasteiger partial charge in [0.25, 0.3) is 0 Å². The SMILES string of the molecule is Nc1ccnc(Oc2cccc(Cl)c2F)c1. The van der Waals surface area contributed by atoms with Crippen LogP contribution in [0.1, 0.15) is 0 Å². The third-order valence-electron chi connectivity index (χ3n) is 1.89. The first kappa shape index (κ1) is 10.7. The molecule has 0 unspecified atom stereocenters. The molecule has 1 heterocycles. The summed E-state index contributed by atoms with van der Waals surface area (Å²) in [7, 11) is 0. The summed E-state index contributed by atoms with van der Waals surface area (Å²) in [5.74, 6) is -0.375. The van der Waals surface area contributed by atoms with Crippen LogP contribution in [0, 0.1) is 5.82 Å². The van der Waals surface area contributed by atoms with Crippen molar-refractivity contribution in [1.29, 1.82) is 0 Å². The number of ether oxygens (including phenoxy) is 1. The molecule has 2 rings (SSSR count). The topological polar surface area (TPSA) is 48.1 Å². The fourth-order valence-corrected chi connectivity index (χ4v) is 1.32. The van der Waals surface area contributed by atoms with Crippen LogP contribution in [0.3, 0.4) is 0 Å². The van der Waals surface area contributed by atoms with E-state index in [1.165, 1.54) is 24.4 Å². The van der Waals surface area contributed by atoms with E-state index in [4.69, 9.17) is 22.1 Å². The molecule has 1 aromatic heterocycles. The highest BCUT2D eigenvalue weighted by Gasteiger charge is 2.08. The van der Waals surface area contributed by atoms with Crippen molar-refractivity contribution in [3.05, 3.63) is 47.4 Å². The molecule has 0 aliphatic heterocycles. The van der Waals surface area contributed by atoms with E-state index in [1.54, 1.807) is 12.1 Å². The van der Waals surface area contributed by atoms with Gasteiger partial charge in [-0.1, -0.05) is 17.7 Å². The van der Waals surface area contributed by atoms with Crippen molar-refractivity contribution >= 4 is 17.3 Å². The van der Waals surface area contributed by atoms with Gasteiger partial charge < -0.3 is 10.5 Å². The van der Waals surface area contributed by atoms with Crippen LogP contribution in [0.15, 0.2) is 36.5 Å². The van der Waals surface area contributed by atoms with E-state index in [-0.39, 0.29) is 16.7 Å². The lowest BCUT2D eigenvalue weighted by Gasteiger charge is -2.06. The zero-order chi connectivity index (χ0) is 11.5. The predicted molar refractivity (Wildman–Crippen MR) is 60.1 cm³/mol. The molecule has 0 aliphatic carbocycles. The van der Waals surface area contributed by atoms with E-state index >= 15 is 0 Å². The number of nitrogens with two attached hydrogens (primary N) is 1. The first-order chi connectivity index (χ1) is 7.66. The van der Waals surface area contributed by atoms with Gasteiger partial charge in [-0.25, -0.2) is 9.37 Å². The fourth-order valence-electron chi connectivity index (χ4n) is 1.16. The lowest BCUT2D eigenvalue weighted by Crippen LogP contribution is -1.93. The number of halogens is 2. The molecule has 0 saturated carbocycles. The zero-order valence-corrected chi connectivity index (χ0v) is 8.91. The summed E-state index contributed by atoms with van der Waals surface area (Å²) in [4.78, 5) is 3.89. The molecule has 0 radical (unpaired) electrons. The minimum absolute atomic E-state index is 0.00130. The van der Waals surface area contributed by atoms with Crippen molar-refractivity contribution < 1.29 is 9.13 Å². The van der Waals surface area contributed by atoms with Crippen LogP contribution in [-0.4, -0.2) is 4.98 Å². The van der Waals surface area contributed by atoms with Gasteiger partial charge in [0.05, 0.1) is 5.02 Å². The molecule has 0 atom stereocenters. The summed E-state index contributed by atoms with van der Waals surface area (Å²) in [6, 6.07) is 7.61. The van der Waals surface area contributed by atoms with E-state index in [2.05, 4.69) is 4.98 Å². The van der Waals surface area contributed by atoms with E-state index in [0.29, 0.717) is 5.69 Å². The number of pyridine rings is 1. The van der Waals surface area contributed by atoms with Crippen LogP contribution < -0.4 is 10.5 Å². The Kier molecular flexibility index (Phi) is 2.92. The molecule has 16 heavy (non-hydrogen) atoms. The second-order valence-electron chi connectivity index (χ2n) is 3.08. The maximum Gasteiger partial charge on any atom is 0.221 e. The molecule has 82 valence electrons. The molecule has 1 aromatic carbocycles. The van der Waals surface area contributed by atoms with Crippen molar-refractivity contribution in [3.63, 3.8) is 0 Å². The summed E-state index contributed by atoms with van der Waals surface area (Å²) in [5, 5.41) is 0.00130. The van der Waals surface area contributed by atoms with Gasteiger partial charge in [-0.3, -0.25) is 0 Å². The quantitative estimate of drug-likeness (QED) is 0.874. The molecule has 0 amide bonds. The Morgan fingerprint density at radius 2 is 2.12 bits per heavy atom. The molecular formula is C11H8ClFN2O. The standard InChI is InChI=1S/C11H8ClFN2O/c12-8-2-1-3-9(11(8)13)16-10-6-7(14)4-5-15-10/h1-6H,(H2,14,15). The average Bonchev–Trinajstić information content (AvgIpc) is 2.25. The van der Waals surface area contributed by atoms with Crippen molar-refractivity contribution in [2.75, 3.05) is 5.73 Å². The molecule has 3 nitrogen and oxygen atoms in total. The highest BCUT2D eigenvalue weighted by atomic mass is 35.5. The smallest absolute Gasteiger partial charge is 0.221 e. The van der Waals surface area contributed by atoms with Gasteiger partial charge in [0, 0.05) is 18.0 Å². The van der Waals surface area contributed by atoms with Gasteiger partial charge in [-0.15, -0.1) is 0 Å². The van der Waals surface area contributed by atoms with Gasteiger partial charge in [0.2, 0.25) is 5.88 Å². The first-order valence-electron chi connectivity index (χ1n) is 4.50. The van der Waals surface area contributed by atoms with Crippen LogP contribution in [-0.2, 0) is 0 Å². The number of anilines is 1. The molecule has 0 saturated heterocycles. The van der Waals surface area contributed by atoms with Gasteiger partial charge in [0.1, 0.15) is 0 Å². The summed E-state index contributed by atoms with van der Waals surface area (Å²) in [5.41, 5.74) is 6.03. The normalized spacial score (nSPS) is 10.1. The lowest BCUT2D eigenvalue weighted by molar-refractivity contribution is 0.428. The molecule has 2 N–H and O–H groups in total. The largest absolute Gasteiger partial charge is 0.436 e. The van der Waals surface area contributed by atoms with Crippen molar-refractivity contribution in [1.82, 2.24) is 4.98 Å². The van der Waals surface area contributed by atoms with Crippen molar-refractivity contribution in [2.24, 2.45) is 0 Å². The Balaban J connectivity index is 2.31. The Morgan fingerprint density at radius 3 is 2.88 bits per heavy atom. The number of hydrogen-bond donors (Lipinski definition) is 1. The number of rotatable bonds is 2. The minimum atomic E-state index is -0.617. The van der Waals surface area contributed by atoms with Crippen LogP contribution in [0.25, 0.3) is 0 Å². The number of hydrogen-bond acceptors (Lipinski definition) is 3. The van der Waals surface area contributed by atoms with Gasteiger partial charge in [-0.05, 0) is 18.2 Å². The van der Waals surface area contributed by atoms with E-state index in [9.17, 15) is 4.39 Å². The monoisotopic (exact) mass is 238 g/mol. The Labute approximate surface area is 96.6 Å². The third-order valence-corrected chi connectivity index (χ3v) is 2.18. The first-order valence-corrected chi connectivity index (χ1v) is 4.88. The zero-order valence-electron chi connectivity index (χ0n) is 8.15. The fraction of sp³-hybridized carbons (Fsp3) is 0. The summed E-state index contributed by atoms with van der Waals surface area (Å²) >= 11 is 5.61. The summed E-state index contributed by atoms with van der Waals surface area (Å²) < 4.78 is 18.7. The number of nitrogens with zero attached hydrogens (tertiary/aromatic N) is 1. The van der Waals surface area contributed by atoms with E-state index in [1.807, 2.05) is 0 Å². The average molecular weight is 239 g/mol. The molecular weight excluding hydrogens is 231 g/mol. The van der Waals surface area contributed by atoms with Crippen LogP contribution >= 0.6 is 11.6 Å². The molecule has 2 aromatic rings. The molecule has 0 fully saturated rings. The minimum Gasteiger partial charge on any atom is -0.436 e. The Morgan fingerprint density at radius 1 is 1.31 bits per heavy atom. The highest BCUT2D eigenvalue weighted by Crippen LogP contribution is 2.28. The predicted octanol–water partition coefficient (Wildman–Crippen LogP) is 3.25. The van der Waals surface area contributed by atoms with E-state index in [0.717, 1.165) is 0 Å². The maximum atomic E-state index is 13.5. The molecule has 0 aliphatic rings. The van der Waals surface area contributed by atoms with Crippen LogP contribution in [0.4, 0.5) is 10.1 Å². The molecule has 0 spiro atoms. The van der Waals surface area contributed by atoms with E-state index < -0.39 is 5.82 Å². The van der Waals surface area contributed by atoms with Crippen LogP contribution in [0.5, 0.6) is 11.6 Å². The summed E-state index contributed by atoms with van der Waals surface area (Å²) in [6.45, 7) is 0. The molecule has 0 bridgehead atoms. The third kappa shape index (κ3) is 2.23. The highest BCUT2D eigenvalue weighted by molar-refractivity contribution is 6.30. The number of nitrogen functional groups attached to an aromatic ring is 1. The molecule has 5 heteroatoms.